The second-order valence-electron chi connectivity index (χ2n) is 8.22. The van der Waals surface area contributed by atoms with Crippen molar-refractivity contribution in [2.24, 2.45) is 21.5 Å². The van der Waals surface area contributed by atoms with Gasteiger partial charge in [-0.15, -0.1) is 12.8 Å². The fraction of sp³-hybridized carbons (Fsp3) is 0.138. The van der Waals surface area contributed by atoms with Crippen LogP contribution < -0.4 is 21.5 Å². The first-order chi connectivity index (χ1) is 20.1. The Labute approximate surface area is 258 Å². The molecule has 0 aliphatic rings. The van der Waals surface area contributed by atoms with Gasteiger partial charge in [-0.3, -0.25) is 9.59 Å². The fourth-order valence-electron chi connectivity index (χ4n) is 3.36. The zero-order valence-electron chi connectivity index (χ0n) is 22.7. The van der Waals surface area contributed by atoms with E-state index in [1.165, 1.54) is 18.5 Å². The van der Waals surface area contributed by atoms with Crippen molar-refractivity contribution in [1.82, 2.24) is 15.3 Å². The monoisotopic (exact) mass is 627 g/mol. The average molecular weight is 629 g/mol. The van der Waals surface area contributed by atoms with E-state index in [4.69, 9.17) is 51.0 Å². The van der Waals surface area contributed by atoms with Gasteiger partial charge in [0.05, 0.1) is 50.3 Å². The highest BCUT2D eigenvalue weighted by atomic mass is 35.5. The molecule has 13 heteroatoms. The number of carbonyl (C=O) groups is 2. The molecular weight excluding hydrogens is 601 g/mol. The van der Waals surface area contributed by atoms with Gasteiger partial charge in [0, 0.05) is 24.6 Å². The molecule has 0 saturated heterocycles. The first-order valence-corrected chi connectivity index (χ1v) is 13.2. The van der Waals surface area contributed by atoms with E-state index in [-0.39, 0.29) is 21.5 Å². The Morgan fingerprint density at radius 1 is 1.05 bits per heavy atom. The lowest BCUT2D eigenvalue weighted by atomic mass is 10.2. The largest absolute Gasteiger partial charge is 0.495 e. The van der Waals surface area contributed by atoms with Crippen LogP contribution >= 0.6 is 34.8 Å². The third kappa shape index (κ3) is 9.82. The number of methoxy groups -OCH3 is 1. The highest BCUT2D eigenvalue weighted by molar-refractivity contribution is 6.40. The molecule has 10 nitrogen and oxygen atoms in total. The number of carbonyl (C=O) groups excluding carboxylic acids is 2. The molecule has 4 rings (SSSR count). The smallest absolute Gasteiger partial charge is 0.254 e. The highest BCUT2D eigenvalue weighted by Crippen LogP contribution is 2.31. The van der Waals surface area contributed by atoms with Crippen LogP contribution in [0.15, 0.2) is 64.6 Å². The van der Waals surface area contributed by atoms with E-state index in [9.17, 15) is 9.59 Å². The van der Waals surface area contributed by atoms with E-state index in [0.29, 0.717) is 46.6 Å². The van der Waals surface area contributed by atoms with Gasteiger partial charge in [0.1, 0.15) is 17.9 Å². The molecule has 0 fully saturated rings. The summed E-state index contributed by atoms with van der Waals surface area (Å²) >= 11 is 18.6. The molecule has 0 atom stereocenters. The summed E-state index contributed by atoms with van der Waals surface area (Å²) in [4.78, 5) is 38.6. The van der Waals surface area contributed by atoms with Crippen LogP contribution in [0.3, 0.4) is 0 Å². The van der Waals surface area contributed by atoms with E-state index < -0.39 is 5.91 Å². The van der Waals surface area contributed by atoms with Crippen molar-refractivity contribution < 1.29 is 14.3 Å². The van der Waals surface area contributed by atoms with Gasteiger partial charge in [0.2, 0.25) is 5.91 Å². The third-order valence-corrected chi connectivity index (χ3v) is 6.12. The first-order valence-electron chi connectivity index (χ1n) is 12.1. The zero-order valence-corrected chi connectivity index (χ0v) is 25.0. The van der Waals surface area contributed by atoms with Crippen LogP contribution in [-0.2, 0) is 6.42 Å². The number of aliphatic imine (C=N–C) groups is 2. The second kappa shape index (κ2) is 16.6. The van der Waals surface area contributed by atoms with Gasteiger partial charge in [-0.1, -0.05) is 53.0 Å². The molecule has 0 bridgehead atoms. The van der Waals surface area contributed by atoms with Crippen LogP contribution in [0.2, 0.25) is 15.1 Å². The molecule has 0 unspecified atom stereocenters. The minimum absolute atomic E-state index is 0.168. The zero-order chi connectivity index (χ0) is 31.2. The van der Waals surface area contributed by atoms with Crippen LogP contribution in [0.4, 0.5) is 5.69 Å². The van der Waals surface area contributed by atoms with Crippen molar-refractivity contribution in [3.8, 4) is 18.6 Å². The van der Waals surface area contributed by atoms with Crippen molar-refractivity contribution in [3.63, 3.8) is 0 Å². The molecule has 0 aliphatic carbocycles. The van der Waals surface area contributed by atoms with Crippen molar-refractivity contribution >= 4 is 75.5 Å². The molecule has 1 heterocycles. The minimum Gasteiger partial charge on any atom is -0.495 e. The topological polar surface area (TPSA) is 161 Å². The number of rotatable bonds is 8. The molecule has 218 valence electrons. The summed E-state index contributed by atoms with van der Waals surface area (Å²) in [6.45, 7) is 1.96. The lowest BCUT2D eigenvalue weighted by Crippen LogP contribution is -2.26. The Kier molecular flexibility index (Phi) is 13.3. The van der Waals surface area contributed by atoms with E-state index in [1.54, 1.807) is 50.4 Å². The number of hydrogen-bond donors (Lipinski definition) is 4. The number of nitrogens with one attached hydrogen (secondary N) is 2. The number of nitrogens with zero attached hydrogens (tertiary/aromatic N) is 3. The number of benzene rings is 3. The Morgan fingerprint density at radius 3 is 2.24 bits per heavy atom. The van der Waals surface area contributed by atoms with Crippen molar-refractivity contribution in [3.05, 3.63) is 86.6 Å². The first kappa shape index (κ1) is 33.6. The second-order valence-corrected chi connectivity index (χ2v) is 9.44. The number of H-pyrrole nitrogens is 1. The summed E-state index contributed by atoms with van der Waals surface area (Å²) in [5.41, 5.74) is 13.1. The molecule has 6 N–H and O–H groups in total. The summed E-state index contributed by atoms with van der Waals surface area (Å²) < 4.78 is 5.20. The summed E-state index contributed by atoms with van der Waals surface area (Å²) in [5, 5.41) is 3.63. The van der Waals surface area contributed by atoms with E-state index in [2.05, 4.69) is 38.1 Å². The molecule has 42 heavy (non-hydrogen) atoms. The van der Waals surface area contributed by atoms with Crippen molar-refractivity contribution in [2.45, 2.75) is 13.3 Å². The molecule has 3 aromatic carbocycles. The highest BCUT2D eigenvalue weighted by Gasteiger charge is 2.16. The lowest BCUT2D eigenvalue weighted by Gasteiger charge is -2.09. The number of amidine groups is 1. The van der Waals surface area contributed by atoms with Crippen molar-refractivity contribution in [2.75, 3.05) is 13.7 Å². The summed E-state index contributed by atoms with van der Waals surface area (Å²) in [6, 6.07) is 15.3. The fourth-order valence-corrected chi connectivity index (χ4v) is 4.25. The minimum atomic E-state index is -0.401. The van der Waals surface area contributed by atoms with Gasteiger partial charge in [-0.2, -0.15) is 0 Å². The molecule has 0 aliphatic heterocycles. The molecule has 1 aromatic heterocycles. The molecular formula is C29H28Cl3N7O3. The van der Waals surface area contributed by atoms with Gasteiger partial charge >= 0.3 is 0 Å². The maximum Gasteiger partial charge on any atom is 0.254 e. The number of halogens is 3. The lowest BCUT2D eigenvalue weighted by molar-refractivity contribution is 0.0953. The van der Waals surface area contributed by atoms with Gasteiger partial charge < -0.3 is 26.5 Å². The number of hydrogen-bond acceptors (Lipinski definition) is 5. The number of nitrogens with two attached hydrogens (primary N) is 2. The Hall–Kier alpha value is -4.56. The average Bonchev–Trinajstić information content (AvgIpc) is 3.35. The van der Waals surface area contributed by atoms with Gasteiger partial charge in [-0.25, -0.2) is 15.0 Å². The van der Waals surface area contributed by atoms with Crippen molar-refractivity contribution in [1.29, 1.82) is 0 Å². The number of ether oxygens (including phenoxy) is 1. The molecule has 4 aromatic rings. The normalized spacial score (nSPS) is 10.8. The summed E-state index contributed by atoms with van der Waals surface area (Å²) in [5.74, 6) is 0.821. The quantitative estimate of drug-likeness (QED) is 0.114. The number of aromatic nitrogens is 2. The van der Waals surface area contributed by atoms with E-state index in [0.717, 1.165) is 11.0 Å². The third-order valence-electron chi connectivity index (χ3n) is 5.23. The van der Waals surface area contributed by atoms with E-state index >= 15 is 0 Å². The number of imidazole rings is 1. The summed E-state index contributed by atoms with van der Waals surface area (Å²) in [7, 11) is 1.54. The van der Waals surface area contributed by atoms with Crippen LogP contribution in [0, 0.1) is 12.8 Å². The Balaban J connectivity index is 0.000000473. The number of amides is 2. The molecule has 0 radical (unpaired) electrons. The Morgan fingerprint density at radius 2 is 1.69 bits per heavy atom. The maximum atomic E-state index is 12.6. The number of fused-ring (bicyclic) bond motifs is 1. The van der Waals surface area contributed by atoms with Crippen LogP contribution in [0.5, 0.6) is 5.75 Å². The summed E-state index contributed by atoms with van der Waals surface area (Å²) in [6.07, 6.45) is 9.75. The number of aromatic amines is 1. The van der Waals surface area contributed by atoms with Crippen LogP contribution in [-0.4, -0.2) is 47.6 Å². The maximum absolute atomic E-state index is 12.6. The predicted octanol–water partition coefficient (Wildman–Crippen LogP) is 5.58. The number of primary amides is 1. The van der Waals surface area contributed by atoms with Crippen LogP contribution in [0.25, 0.3) is 11.0 Å². The molecule has 0 spiro atoms. The number of terminal acetylenes is 1. The van der Waals surface area contributed by atoms with Gasteiger partial charge in [-0.05, 0) is 37.3 Å². The van der Waals surface area contributed by atoms with Gasteiger partial charge in [0.15, 0.2) is 0 Å². The van der Waals surface area contributed by atoms with E-state index in [1.807, 2.05) is 6.07 Å². The molecule has 0 saturated carbocycles. The standard InChI is InChI=1S/C20H19Cl3N6O2.C7H7NO.C2H2/c1-10(24)26-9-27-11-5-13(22)19(14(23)6-11)20(30)25-4-3-18-28-15-7-12(21)17(31-2)8-16(15)29-18;8-7(9)6-4-2-1-3-5-6;1-2/h5-9H,3-4H2,1-2H3,(H,25,30)(H,28,29)(H2,24,26,27);1-5H,(H2,8,9);1-2H. The molecule has 2 amide bonds. The predicted molar refractivity (Wildman–Crippen MR) is 170 cm³/mol. The Bertz CT molecular complexity index is 1590. The SMILES string of the molecule is C#C.COc1cc2nc(CCNC(=O)c3c(Cl)cc(N=CN=C(C)N)cc3Cl)[nH]c2cc1Cl.NC(=O)c1ccccc1. The van der Waals surface area contributed by atoms with Gasteiger partial charge in [0.25, 0.3) is 5.91 Å². The van der Waals surface area contributed by atoms with Crippen LogP contribution in [0.1, 0.15) is 33.5 Å².